The molecule has 0 radical (unpaired) electrons. The minimum absolute atomic E-state index is 0. The average molecular weight is 337 g/mol. The predicted octanol–water partition coefficient (Wildman–Crippen LogP) is 3.28. The molecule has 1 atom stereocenters. The summed E-state index contributed by atoms with van der Waals surface area (Å²) in [7, 11) is 0. The van der Waals surface area contributed by atoms with Crippen molar-refractivity contribution in [2.45, 2.75) is 44.4 Å². The van der Waals surface area contributed by atoms with E-state index in [2.05, 4.69) is 10.6 Å². The molecule has 3 nitrogen and oxygen atoms in total. The second-order valence-electron chi connectivity index (χ2n) is 5.34. The molecular formula is C15H20ClF3N2O. The minimum Gasteiger partial charge on any atom is -0.350 e. The van der Waals surface area contributed by atoms with Gasteiger partial charge in [0.25, 0.3) is 0 Å². The van der Waals surface area contributed by atoms with Crippen molar-refractivity contribution in [3.63, 3.8) is 0 Å². The zero-order valence-electron chi connectivity index (χ0n) is 12.3. The first-order valence-electron chi connectivity index (χ1n) is 7.07. The molecule has 1 aliphatic rings. The summed E-state index contributed by atoms with van der Waals surface area (Å²) in [6.45, 7) is 3.01. The Morgan fingerprint density at radius 2 is 1.95 bits per heavy atom. The van der Waals surface area contributed by atoms with Crippen LogP contribution in [0.1, 0.15) is 37.3 Å². The smallest absolute Gasteiger partial charge is 0.350 e. The Labute approximate surface area is 134 Å². The molecule has 7 heteroatoms. The normalized spacial score (nSPS) is 21.3. The fourth-order valence-corrected chi connectivity index (χ4v) is 2.63. The molecule has 0 saturated carbocycles. The third-order valence-corrected chi connectivity index (χ3v) is 4.02. The Kier molecular flexibility index (Phi) is 6.26. The van der Waals surface area contributed by atoms with E-state index in [0.717, 1.165) is 31.5 Å². The molecule has 0 aromatic heterocycles. The number of amides is 1. The molecule has 2 N–H and O–H groups in total. The highest BCUT2D eigenvalue weighted by atomic mass is 35.5. The van der Waals surface area contributed by atoms with Crippen LogP contribution in [0.5, 0.6) is 0 Å². The van der Waals surface area contributed by atoms with Gasteiger partial charge in [-0.15, -0.1) is 12.4 Å². The summed E-state index contributed by atoms with van der Waals surface area (Å²) in [6, 6.07) is 4.85. The Balaban J connectivity index is 0.00000242. The highest BCUT2D eigenvalue weighted by Gasteiger charge is 2.38. The summed E-state index contributed by atoms with van der Waals surface area (Å²) < 4.78 is 37.4. The fraction of sp³-hybridized carbons (Fsp3) is 0.533. The lowest BCUT2D eigenvalue weighted by Crippen LogP contribution is -2.52. The van der Waals surface area contributed by atoms with Gasteiger partial charge in [0.05, 0.1) is 11.1 Å². The van der Waals surface area contributed by atoms with Gasteiger partial charge in [0, 0.05) is 6.54 Å². The summed E-state index contributed by atoms with van der Waals surface area (Å²) in [5.41, 5.74) is -0.549. The van der Waals surface area contributed by atoms with Gasteiger partial charge < -0.3 is 10.6 Å². The summed E-state index contributed by atoms with van der Waals surface area (Å²) >= 11 is 0. The molecular weight excluding hydrogens is 317 g/mol. The average Bonchev–Trinajstić information content (AvgIpc) is 2.94. The SMILES string of the molecule is CCC1(C(=O)NCc2ccc(C(F)(F)F)cc2)CCCN1.Cl. The molecule has 1 amide bonds. The van der Waals surface area contributed by atoms with Crippen LogP contribution < -0.4 is 10.6 Å². The molecule has 1 aromatic rings. The van der Waals surface area contributed by atoms with Crippen molar-refractivity contribution in [1.82, 2.24) is 10.6 Å². The van der Waals surface area contributed by atoms with Crippen LogP contribution in [0.25, 0.3) is 0 Å². The third-order valence-electron chi connectivity index (χ3n) is 4.02. The third kappa shape index (κ3) is 4.14. The van der Waals surface area contributed by atoms with E-state index in [4.69, 9.17) is 0 Å². The molecule has 2 rings (SSSR count). The maximum atomic E-state index is 12.5. The Morgan fingerprint density at radius 1 is 1.32 bits per heavy atom. The number of alkyl halides is 3. The Bertz CT molecular complexity index is 497. The molecule has 1 fully saturated rings. The molecule has 1 saturated heterocycles. The van der Waals surface area contributed by atoms with Crippen LogP contribution in [0, 0.1) is 0 Å². The zero-order valence-corrected chi connectivity index (χ0v) is 13.1. The van der Waals surface area contributed by atoms with E-state index in [9.17, 15) is 18.0 Å². The standard InChI is InChI=1S/C15H19F3N2O.ClH/c1-2-14(8-3-9-20-14)13(21)19-10-11-4-6-12(7-5-11)15(16,17)18;/h4-7,20H,2-3,8-10H2,1H3,(H,19,21);1H. The van der Waals surface area contributed by atoms with Gasteiger partial charge in [-0.1, -0.05) is 19.1 Å². The number of benzene rings is 1. The number of rotatable bonds is 4. The van der Waals surface area contributed by atoms with Gasteiger partial charge in [-0.05, 0) is 43.5 Å². The largest absolute Gasteiger partial charge is 0.416 e. The molecule has 22 heavy (non-hydrogen) atoms. The molecule has 124 valence electrons. The molecule has 1 aliphatic heterocycles. The number of carbonyl (C=O) groups excluding carboxylic acids is 1. The van der Waals surface area contributed by atoms with Crippen LogP contribution in [0.3, 0.4) is 0 Å². The van der Waals surface area contributed by atoms with E-state index < -0.39 is 17.3 Å². The first kappa shape index (κ1) is 18.8. The first-order chi connectivity index (χ1) is 9.87. The van der Waals surface area contributed by atoms with Crippen LogP contribution in [0.2, 0.25) is 0 Å². The van der Waals surface area contributed by atoms with Crippen molar-refractivity contribution in [2.24, 2.45) is 0 Å². The second kappa shape index (κ2) is 7.33. The second-order valence-corrected chi connectivity index (χ2v) is 5.34. The van der Waals surface area contributed by atoms with Gasteiger partial charge in [0.1, 0.15) is 0 Å². The van der Waals surface area contributed by atoms with Crippen molar-refractivity contribution in [1.29, 1.82) is 0 Å². The van der Waals surface area contributed by atoms with Crippen LogP contribution in [-0.2, 0) is 17.5 Å². The monoisotopic (exact) mass is 336 g/mol. The van der Waals surface area contributed by atoms with Crippen LogP contribution in [-0.4, -0.2) is 18.0 Å². The zero-order chi connectivity index (χ0) is 15.5. The molecule has 0 aliphatic carbocycles. The topological polar surface area (TPSA) is 41.1 Å². The summed E-state index contributed by atoms with van der Waals surface area (Å²) in [5, 5.41) is 6.03. The van der Waals surface area contributed by atoms with E-state index in [1.54, 1.807) is 0 Å². The van der Waals surface area contributed by atoms with E-state index >= 15 is 0 Å². The predicted molar refractivity (Wildman–Crippen MR) is 80.8 cm³/mol. The van der Waals surface area contributed by atoms with Crippen LogP contribution in [0.15, 0.2) is 24.3 Å². The molecule has 0 spiro atoms. The summed E-state index contributed by atoms with van der Waals surface area (Å²) in [4.78, 5) is 12.2. The van der Waals surface area contributed by atoms with Crippen LogP contribution in [0.4, 0.5) is 13.2 Å². The Morgan fingerprint density at radius 3 is 2.41 bits per heavy atom. The Hall–Kier alpha value is -1.27. The maximum Gasteiger partial charge on any atom is 0.416 e. The number of carbonyl (C=O) groups is 1. The minimum atomic E-state index is -4.33. The number of nitrogens with one attached hydrogen (secondary N) is 2. The van der Waals surface area contributed by atoms with Gasteiger partial charge in [-0.3, -0.25) is 4.79 Å². The van der Waals surface area contributed by atoms with Crippen LogP contribution >= 0.6 is 12.4 Å². The van der Waals surface area contributed by atoms with Crippen molar-refractivity contribution in [3.8, 4) is 0 Å². The van der Waals surface area contributed by atoms with E-state index in [-0.39, 0.29) is 24.9 Å². The molecule has 1 heterocycles. The van der Waals surface area contributed by atoms with Gasteiger partial charge in [-0.2, -0.15) is 13.2 Å². The number of hydrogen-bond donors (Lipinski definition) is 2. The summed E-state index contributed by atoms with van der Waals surface area (Å²) in [5.74, 6) is -0.0811. The quantitative estimate of drug-likeness (QED) is 0.886. The number of hydrogen-bond acceptors (Lipinski definition) is 2. The molecule has 0 bridgehead atoms. The van der Waals surface area contributed by atoms with Gasteiger partial charge in [-0.25, -0.2) is 0 Å². The lowest BCUT2D eigenvalue weighted by Gasteiger charge is -2.26. The highest BCUT2D eigenvalue weighted by molar-refractivity contribution is 5.86. The van der Waals surface area contributed by atoms with E-state index in [1.165, 1.54) is 12.1 Å². The number of halogens is 4. The molecule has 1 unspecified atom stereocenters. The highest BCUT2D eigenvalue weighted by Crippen LogP contribution is 2.29. The lowest BCUT2D eigenvalue weighted by molar-refractivity contribution is -0.137. The van der Waals surface area contributed by atoms with Gasteiger partial charge in [0.15, 0.2) is 0 Å². The van der Waals surface area contributed by atoms with Crippen molar-refractivity contribution >= 4 is 18.3 Å². The van der Waals surface area contributed by atoms with Crippen molar-refractivity contribution in [2.75, 3.05) is 6.54 Å². The van der Waals surface area contributed by atoms with Crippen molar-refractivity contribution in [3.05, 3.63) is 35.4 Å². The van der Waals surface area contributed by atoms with Gasteiger partial charge >= 0.3 is 6.18 Å². The fourth-order valence-electron chi connectivity index (χ4n) is 2.63. The van der Waals surface area contributed by atoms with Crippen molar-refractivity contribution < 1.29 is 18.0 Å². The molecule has 1 aromatic carbocycles. The van der Waals surface area contributed by atoms with E-state index in [0.29, 0.717) is 12.0 Å². The maximum absolute atomic E-state index is 12.5. The summed E-state index contributed by atoms with van der Waals surface area (Å²) in [6.07, 6.45) is -1.88. The first-order valence-corrected chi connectivity index (χ1v) is 7.07. The van der Waals surface area contributed by atoms with E-state index in [1.807, 2.05) is 6.92 Å². The van der Waals surface area contributed by atoms with Gasteiger partial charge in [0.2, 0.25) is 5.91 Å². The lowest BCUT2D eigenvalue weighted by atomic mass is 9.93.